The second kappa shape index (κ2) is 4.96. The lowest BCUT2D eigenvalue weighted by molar-refractivity contribution is 0.0922. The second-order valence-corrected chi connectivity index (χ2v) is 4.26. The van der Waals surface area contributed by atoms with E-state index >= 15 is 0 Å². The van der Waals surface area contributed by atoms with Gasteiger partial charge in [0.1, 0.15) is 5.76 Å². The molecule has 0 aromatic carbocycles. The molecule has 0 fully saturated rings. The van der Waals surface area contributed by atoms with Crippen LogP contribution in [0.4, 0.5) is 0 Å². The molecule has 0 spiro atoms. The van der Waals surface area contributed by atoms with Crippen LogP contribution < -0.4 is 11.1 Å². The Kier molecular flexibility index (Phi) is 3.38. The molecule has 16 heavy (non-hydrogen) atoms. The Morgan fingerprint density at radius 2 is 2.31 bits per heavy atom. The first-order chi connectivity index (χ1) is 7.79. The third-order valence-electron chi connectivity index (χ3n) is 2.09. The van der Waals surface area contributed by atoms with Gasteiger partial charge >= 0.3 is 0 Å². The molecule has 0 radical (unpaired) electrons. The first kappa shape index (κ1) is 10.9. The number of furan rings is 1. The first-order valence-corrected chi connectivity index (χ1v) is 5.77. The molecule has 0 aliphatic carbocycles. The van der Waals surface area contributed by atoms with E-state index in [1.165, 1.54) is 0 Å². The zero-order chi connectivity index (χ0) is 11.4. The van der Waals surface area contributed by atoms with Crippen LogP contribution >= 0.6 is 11.3 Å². The lowest BCUT2D eigenvalue weighted by Gasteiger charge is -2.00. The first-order valence-electron chi connectivity index (χ1n) is 4.89. The van der Waals surface area contributed by atoms with Gasteiger partial charge in [0.2, 0.25) is 0 Å². The maximum atomic E-state index is 11.6. The molecule has 0 atom stereocenters. The van der Waals surface area contributed by atoms with Crippen molar-refractivity contribution in [1.29, 1.82) is 0 Å². The van der Waals surface area contributed by atoms with Crippen molar-refractivity contribution < 1.29 is 9.21 Å². The molecule has 1 amide bonds. The highest BCUT2D eigenvalue weighted by Gasteiger charge is 2.10. The molecule has 0 bridgehead atoms. The van der Waals surface area contributed by atoms with Gasteiger partial charge in [-0.15, -0.1) is 11.3 Å². The molecule has 0 saturated heterocycles. The summed E-state index contributed by atoms with van der Waals surface area (Å²) in [5, 5.41) is 4.75. The predicted molar refractivity (Wildman–Crippen MR) is 62.1 cm³/mol. The number of nitrogens with two attached hydrogens (primary N) is 1. The molecule has 2 rings (SSSR count). The zero-order valence-corrected chi connectivity index (χ0v) is 9.42. The monoisotopic (exact) mass is 236 g/mol. The van der Waals surface area contributed by atoms with Crippen molar-refractivity contribution in [3.63, 3.8) is 0 Å². The minimum atomic E-state index is -0.215. The molecule has 5 heteroatoms. The van der Waals surface area contributed by atoms with Crippen molar-refractivity contribution in [2.75, 3.05) is 0 Å². The average molecular weight is 236 g/mol. The number of carbonyl (C=O) groups excluding carboxylic acids is 1. The second-order valence-electron chi connectivity index (χ2n) is 3.23. The molecule has 2 aromatic heterocycles. The molecular weight excluding hydrogens is 224 g/mol. The van der Waals surface area contributed by atoms with Crippen molar-refractivity contribution in [3.05, 3.63) is 46.0 Å². The summed E-state index contributed by atoms with van der Waals surface area (Å²) in [6.07, 6.45) is 0. The summed E-state index contributed by atoms with van der Waals surface area (Å²) in [5.74, 6) is 0.700. The van der Waals surface area contributed by atoms with Gasteiger partial charge in [-0.2, -0.15) is 0 Å². The SMILES string of the molecule is NCc1ccc(C(=O)NCc2cccs2)o1. The van der Waals surface area contributed by atoms with Crippen LogP contribution in [0.25, 0.3) is 0 Å². The maximum Gasteiger partial charge on any atom is 0.287 e. The van der Waals surface area contributed by atoms with E-state index in [9.17, 15) is 4.79 Å². The van der Waals surface area contributed by atoms with Crippen LogP contribution in [0.3, 0.4) is 0 Å². The molecule has 2 aromatic rings. The number of thiophene rings is 1. The normalized spacial score (nSPS) is 10.3. The Morgan fingerprint density at radius 3 is 2.94 bits per heavy atom. The van der Waals surface area contributed by atoms with Crippen LogP contribution in [-0.2, 0) is 13.1 Å². The molecular formula is C11H12N2O2S. The highest BCUT2D eigenvalue weighted by Crippen LogP contribution is 2.09. The number of hydrogen-bond donors (Lipinski definition) is 2. The van der Waals surface area contributed by atoms with E-state index in [0.29, 0.717) is 24.6 Å². The molecule has 2 heterocycles. The summed E-state index contributed by atoms with van der Waals surface area (Å²) in [6.45, 7) is 0.827. The third-order valence-corrected chi connectivity index (χ3v) is 2.97. The Bertz CT molecular complexity index is 462. The summed E-state index contributed by atoms with van der Waals surface area (Å²) < 4.78 is 5.23. The van der Waals surface area contributed by atoms with E-state index in [1.54, 1.807) is 23.5 Å². The highest BCUT2D eigenvalue weighted by atomic mass is 32.1. The minimum Gasteiger partial charge on any atom is -0.455 e. The van der Waals surface area contributed by atoms with Gasteiger partial charge < -0.3 is 15.5 Å². The summed E-state index contributed by atoms with van der Waals surface area (Å²) >= 11 is 1.60. The maximum absolute atomic E-state index is 11.6. The zero-order valence-electron chi connectivity index (χ0n) is 8.60. The van der Waals surface area contributed by atoms with Crippen LogP contribution in [0.2, 0.25) is 0 Å². The van der Waals surface area contributed by atoms with E-state index in [1.807, 2.05) is 17.5 Å². The van der Waals surface area contributed by atoms with Gasteiger partial charge in [-0.05, 0) is 23.6 Å². The summed E-state index contributed by atoms with van der Waals surface area (Å²) in [6, 6.07) is 7.26. The quantitative estimate of drug-likeness (QED) is 0.849. The number of amides is 1. The minimum absolute atomic E-state index is 0.215. The van der Waals surface area contributed by atoms with Gasteiger partial charge in [-0.3, -0.25) is 4.79 Å². The number of hydrogen-bond acceptors (Lipinski definition) is 4. The molecule has 4 nitrogen and oxygen atoms in total. The predicted octanol–water partition coefficient (Wildman–Crippen LogP) is 1.73. The van der Waals surface area contributed by atoms with Crippen LogP contribution in [0.5, 0.6) is 0 Å². The van der Waals surface area contributed by atoms with Crippen molar-refractivity contribution in [2.45, 2.75) is 13.1 Å². The van der Waals surface area contributed by atoms with E-state index in [4.69, 9.17) is 10.2 Å². The van der Waals surface area contributed by atoms with Crippen LogP contribution in [0.15, 0.2) is 34.1 Å². The van der Waals surface area contributed by atoms with Crippen molar-refractivity contribution in [1.82, 2.24) is 5.32 Å². The Labute approximate surface area is 97.1 Å². The number of rotatable bonds is 4. The van der Waals surface area contributed by atoms with Gasteiger partial charge in [0.05, 0.1) is 13.1 Å². The van der Waals surface area contributed by atoms with Gasteiger partial charge in [0.15, 0.2) is 5.76 Å². The standard InChI is InChI=1S/C11H12N2O2S/c12-6-8-3-4-10(15-8)11(14)13-7-9-2-1-5-16-9/h1-5H,6-7,12H2,(H,13,14). The fourth-order valence-electron chi connectivity index (χ4n) is 1.28. The molecule has 0 aliphatic heterocycles. The Morgan fingerprint density at radius 1 is 1.44 bits per heavy atom. The fraction of sp³-hybridized carbons (Fsp3) is 0.182. The van der Waals surface area contributed by atoms with Gasteiger partial charge in [0.25, 0.3) is 5.91 Å². The van der Waals surface area contributed by atoms with Gasteiger partial charge in [-0.1, -0.05) is 6.07 Å². The van der Waals surface area contributed by atoms with E-state index in [2.05, 4.69) is 5.32 Å². The molecule has 84 valence electrons. The highest BCUT2D eigenvalue weighted by molar-refractivity contribution is 7.09. The topological polar surface area (TPSA) is 68.3 Å². The molecule has 0 unspecified atom stereocenters. The van der Waals surface area contributed by atoms with Crippen LogP contribution in [-0.4, -0.2) is 5.91 Å². The smallest absolute Gasteiger partial charge is 0.287 e. The number of carbonyl (C=O) groups is 1. The van der Waals surface area contributed by atoms with Crippen molar-refractivity contribution in [3.8, 4) is 0 Å². The summed E-state index contributed by atoms with van der Waals surface area (Å²) in [7, 11) is 0. The van der Waals surface area contributed by atoms with Crippen molar-refractivity contribution >= 4 is 17.2 Å². The summed E-state index contributed by atoms with van der Waals surface area (Å²) in [4.78, 5) is 12.7. The van der Waals surface area contributed by atoms with E-state index in [0.717, 1.165) is 4.88 Å². The average Bonchev–Trinajstić information content (AvgIpc) is 2.96. The van der Waals surface area contributed by atoms with Crippen LogP contribution in [0, 0.1) is 0 Å². The van der Waals surface area contributed by atoms with Crippen molar-refractivity contribution in [2.24, 2.45) is 5.73 Å². The molecule has 0 aliphatic rings. The molecule has 0 saturated carbocycles. The van der Waals surface area contributed by atoms with Crippen LogP contribution in [0.1, 0.15) is 21.2 Å². The largest absolute Gasteiger partial charge is 0.455 e. The van der Waals surface area contributed by atoms with E-state index in [-0.39, 0.29) is 5.91 Å². The van der Waals surface area contributed by atoms with Gasteiger partial charge in [-0.25, -0.2) is 0 Å². The Hall–Kier alpha value is -1.59. The third kappa shape index (κ3) is 2.50. The van der Waals surface area contributed by atoms with E-state index < -0.39 is 0 Å². The summed E-state index contributed by atoms with van der Waals surface area (Å²) in [5.41, 5.74) is 5.39. The number of nitrogens with one attached hydrogen (secondary N) is 1. The van der Waals surface area contributed by atoms with Gasteiger partial charge in [0, 0.05) is 4.88 Å². The lowest BCUT2D eigenvalue weighted by Crippen LogP contribution is -2.21. The lowest BCUT2D eigenvalue weighted by atomic mass is 10.4. The Balaban J connectivity index is 1.93. The molecule has 3 N–H and O–H groups in total. The fourth-order valence-corrected chi connectivity index (χ4v) is 1.92.